The Morgan fingerprint density at radius 1 is 1.17 bits per heavy atom. The van der Waals surface area contributed by atoms with Crippen LogP contribution in [0.1, 0.15) is 25.6 Å². The first-order valence-corrected chi connectivity index (χ1v) is 6.65. The molecule has 0 saturated carbocycles. The molecule has 0 aromatic carbocycles. The van der Waals surface area contributed by atoms with Gasteiger partial charge in [0, 0.05) is 36.3 Å². The number of pyridine rings is 1. The van der Waals surface area contributed by atoms with Crippen LogP contribution in [0.3, 0.4) is 0 Å². The van der Waals surface area contributed by atoms with Gasteiger partial charge in [-0.25, -0.2) is 9.97 Å². The molecule has 2 aromatic rings. The molecule has 0 fully saturated rings. The Morgan fingerprint density at radius 2 is 1.89 bits per heavy atom. The molecule has 4 nitrogen and oxygen atoms in total. The smallest absolute Gasteiger partial charge is 0.134 e. The van der Waals surface area contributed by atoms with Crippen LogP contribution in [0.4, 0.5) is 5.82 Å². The lowest BCUT2D eigenvalue weighted by atomic mass is 10.2. The van der Waals surface area contributed by atoms with E-state index in [9.17, 15) is 0 Å². The van der Waals surface area contributed by atoms with Crippen molar-refractivity contribution in [3.8, 4) is 0 Å². The Balaban J connectivity index is 2.30. The zero-order valence-electron chi connectivity index (χ0n) is 10.7. The van der Waals surface area contributed by atoms with E-state index < -0.39 is 0 Å². The molecule has 1 N–H and O–H groups in total. The molecular formula is C13H16N4S. The normalized spacial score (nSPS) is 10.7. The summed E-state index contributed by atoms with van der Waals surface area (Å²) in [6, 6.07) is 5.90. The van der Waals surface area contributed by atoms with E-state index in [0.717, 1.165) is 21.6 Å². The number of aromatic nitrogens is 3. The van der Waals surface area contributed by atoms with Crippen LogP contribution in [0.2, 0.25) is 0 Å². The molecule has 0 unspecified atom stereocenters. The van der Waals surface area contributed by atoms with Gasteiger partial charge in [-0.15, -0.1) is 0 Å². The predicted molar refractivity (Wildman–Crippen MR) is 74.0 cm³/mol. The average molecular weight is 260 g/mol. The van der Waals surface area contributed by atoms with E-state index in [-0.39, 0.29) is 0 Å². The topological polar surface area (TPSA) is 50.7 Å². The molecular weight excluding hydrogens is 244 g/mol. The fourth-order valence-electron chi connectivity index (χ4n) is 1.41. The zero-order chi connectivity index (χ0) is 13.0. The van der Waals surface area contributed by atoms with Crippen LogP contribution < -0.4 is 5.32 Å². The molecule has 18 heavy (non-hydrogen) atoms. The van der Waals surface area contributed by atoms with Crippen molar-refractivity contribution in [2.75, 3.05) is 12.4 Å². The lowest BCUT2D eigenvalue weighted by Gasteiger charge is -2.09. The minimum atomic E-state index is 0.315. The molecule has 0 bridgehead atoms. The first-order valence-electron chi connectivity index (χ1n) is 5.83. The molecule has 5 heteroatoms. The Labute approximate surface area is 111 Å². The molecule has 0 radical (unpaired) electrons. The third kappa shape index (κ3) is 3.20. The van der Waals surface area contributed by atoms with Gasteiger partial charge in [-0.3, -0.25) is 4.98 Å². The molecule has 0 aliphatic carbocycles. The highest BCUT2D eigenvalue weighted by Crippen LogP contribution is 2.27. The molecule has 2 rings (SSSR count). The second kappa shape index (κ2) is 5.82. The van der Waals surface area contributed by atoms with Crippen LogP contribution in [0.15, 0.2) is 40.5 Å². The number of rotatable bonds is 4. The number of nitrogens with zero attached hydrogens (tertiary/aromatic N) is 3. The van der Waals surface area contributed by atoms with E-state index in [1.807, 2.05) is 25.2 Å². The quantitative estimate of drug-likeness (QED) is 0.856. The van der Waals surface area contributed by atoms with Gasteiger partial charge in [0.1, 0.15) is 16.7 Å². The maximum absolute atomic E-state index is 4.57. The number of hydrogen-bond acceptors (Lipinski definition) is 5. The second-order valence-electron chi connectivity index (χ2n) is 4.14. The highest BCUT2D eigenvalue weighted by molar-refractivity contribution is 7.99. The lowest BCUT2D eigenvalue weighted by Crippen LogP contribution is -2.02. The minimum absolute atomic E-state index is 0.315. The standard InChI is InChI=1S/C13H16N4S/c1-9(2)13-16-11(14-3)8-12(17-13)18-10-4-6-15-7-5-10/h4-9H,1-3H3,(H,14,16,17). The van der Waals surface area contributed by atoms with Crippen LogP contribution in [0.25, 0.3) is 0 Å². The van der Waals surface area contributed by atoms with Crippen molar-refractivity contribution in [2.45, 2.75) is 29.7 Å². The summed E-state index contributed by atoms with van der Waals surface area (Å²) in [6.45, 7) is 4.19. The van der Waals surface area contributed by atoms with Crippen LogP contribution in [-0.4, -0.2) is 22.0 Å². The predicted octanol–water partition coefficient (Wildman–Crippen LogP) is 3.19. The third-order valence-electron chi connectivity index (χ3n) is 2.36. The van der Waals surface area contributed by atoms with Crippen LogP contribution >= 0.6 is 11.8 Å². The van der Waals surface area contributed by atoms with Gasteiger partial charge in [0.15, 0.2) is 0 Å². The van der Waals surface area contributed by atoms with Gasteiger partial charge in [-0.2, -0.15) is 0 Å². The summed E-state index contributed by atoms with van der Waals surface area (Å²) in [4.78, 5) is 14.1. The fourth-order valence-corrected chi connectivity index (χ4v) is 2.22. The van der Waals surface area contributed by atoms with Gasteiger partial charge in [-0.1, -0.05) is 25.6 Å². The second-order valence-corrected chi connectivity index (χ2v) is 5.23. The van der Waals surface area contributed by atoms with E-state index in [1.54, 1.807) is 24.2 Å². The maximum Gasteiger partial charge on any atom is 0.134 e. The van der Waals surface area contributed by atoms with Crippen LogP contribution in [0, 0.1) is 0 Å². The van der Waals surface area contributed by atoms with Crippen molar-refractivity contribution in [1.82, 2.24) is 15.0 Å². The van der Waals surface area contributed by atoms with Crippen molar-refractivity contribution >= 4 is 17.6 Å². The molecule has 0 aliphatic heterocycles. The van der Waals surface area contributed by atoms with Gasteiger partial charge in [0.2, 0.25) is 0 Å². The third-order valence-corrected chi connectivity index (χ3v) is 3.29. The summed E-state index contributed by atoms with van der Waals surface area (Å²) in [5.74, 6) is 2.03. The minimum Gasteiger partial charge on any atom is -0.373 e. The van der Waals surface area contributed by atoms with Crippen LogP contribution in [0.5, 0.6) is 0 Å². The highest BCUT2D eigenvalue weighted by Gasteiger charge is 2.08. The first kappa shape index (κ1) is 12.8. The van der Waals surface area contributed by atoms with Crippen molar-refractivity contribution < 1.29 is 0 Å². The van der Waals surface area contributed by atoms with E-state index in [4.69, 9.17) is 0 Å². The Hall–Kier alpha value is -1.62. The van der Waals surface area contributed by atoms with Gasteiger partial charge >= 0.3 is 0 Å². The van der Waals surface area contributed by atoms with Crippen molar-refractivity contribution in [1.29, 1.82) is 0 Å². The Bertz CT molecular complexity index is 514. The van der Waals surface area contributed by atoms with E-state index >= 15 is 0 Å². The summed E-state index contributed by atoms with van der Waals surface area (Å²) in [5, 5.41) is 4.02. The van der Waals surface area contributed by atoms with E-state index in [2.05, 4.69) is 34.1 Å². The molecule has 94 valence electrons. The zero-order valence-corrected chi connectivity index (χ0v) is 11.5. The molecule has 0 aliphatic rings. The SMILES string of the molecule is CNc1cc(Sc2ccncc2)nc(C(C)C)n1. The summed E-state index contributed by atoms with van der Waals surface area (Å²) >= 11 is 1.62. The average Bonchev–Trinajstić information content (AvgIpc) is 2.39. The fraction of sp³-hybridized carbons (Fsp3) is 0.308. The van der Waals surface area contributed by atoms with E-state index in [1.165, 1.54) is 0 Å². The Kier molecular flexibility index (Phi) is 4.15. The van der Waals surface area contributed by atoms with Crippen molar-refractivity contribution in [3.63, 3.8) is 0 Å². The van der Waals surface area contributed by atoms with Gasteiger partial charge in [-0.05, 0) is 12.1 Å². The molecule has 0 atom stereocenters. The first-order chi connectivity index (χ1) is 8.69. The molecule has 2 aromatic heterocycles. The molecule has 2 heterocycles. The summed E-state index contributed by atoms with van der Waals surface area (Å²) in [6.07, 6.45) is 3.57. The number of hydrogen-bond donors (Lipinski definition) is 1. The number of anilines is 1. The summed E-state index contributed by atoms with van der Waals surface area (Å²) in [7, 11) is 1.87. The molecule has 0 amide bonds. The summed E-state index contributed by atoms with van der Waals surface area (Å²) in [5.41, 5.74) is 0. The highest BCUT2D eigenvalue weighted by atomic mass is 32.2. The monoisotopic (exact) mass is 260 g/mol. The van der Waals surface area contributed by atoms with Gasteiger partial charge in [0.05, 0.1) is 0 Å². The maximum atomic E-state index is 4.57. The number of nitrogens with one attached hydrogen (secondary N) is 1. The van der Waals surface area contributed by atoms with E-state index in [0.29, 0.717) is 5.92 Å². The largest absolute Gasteiger partial charge is 0.373 e. The van der Waals surface area contributed by atoms with Crippen molar-refractivity contribution in [2.24, 2.45) is 0 Å². The van der Waals surface area contributed by atoms with Crippen molar-refractivity contribution in [3.05, 3.63) is 36.4 Å². The van der Waals surface area contributed by atoms with Gasteiger partial charge < -0.3 is 5.32 Å². The molecule has 0 saturated heterocycles. The molecule has 0 spiro atoms. The van der Waals surface area contributed by atoms with Gasteiger partial charge in [0.25, 0.3) is 0 Å². The Morgan fingerprint density at radius 3 is 2.50 bits per heavy atom. The van der Waals surface area contributed by atoms with Crippen LogP contribution in [-0.2, 0) is 0 Å². The lowest BCUT2D eigenvalue weighted by molar-refractivity contribution is 0.755. The summed E-state index contributed by atoms with van der Waals surface area (Å²) < 4.78 is 0.